The number of hydrogen-bond donors (Lipinski definition) is 3. The molecule has 0 saturated carbocycles. The average molecular weight is 383 g/mol. The lowest BCUT2D eigenvalue weighted by Crippen LogP contribution is -2.37. The Kier molecular flexibility index (Phi) is 5.92. The van der Waals surface area contributed by atoms with Crippen LogP contribution in [0.2, 0.25) is 0 Å². The fraction of sp³-hybridized carbons (Fsp3) is 0.524. The molecule has 0 aliphatic carbocycles. The van der Waals surface area contributed by atoms with Crippen LogP contribution in [0.3, 0.4) is 0 Å². The van der Waals surface area contributed by atoms with Crippen LogP contribution in [0.15, 0.2) is 24.3 Å². The molecule has 7 nitrogen and oxygen atoms in total. The Labute approximate surface area is 165 Å². The zero-order valence-corrected chi connectivity index (χ0v) is 16.2. The van der Waals surface area contributed by atoms with Crippen molar-refractivity contribution in [3.8, 4) is 17.0 Å². The highest BCUT2D eigenvalue weighted by Crippen LogP contribution is 2.28. The summed E-state index contributed by atoms with van der Waals surface area (Å²) in [7, 11) is 0. The van der Waals surface area contributed by atoms with Crippen LogP contribution in [0.1, 0.15) is 31.2 Å². The van der Waals surface area contributed by atoms with Crippen LogP contribution < -0.4 is 16.0 Å². The lowest BCUT2D eigenvalue weighted by atomic mass is 9.96. The summed E-state index contributed by atoms with van der Waals surface area (Å²) < 4.78 is 5.41. The Bertz CT molecular complexity index is 801. The average Bonchev–Trinajstić information content (AvgIpc) is 2.73. The molecule has 4 rings (SSSR count). The number of ether oxygens (including phenoxy) is 1. The van der Waals surface area contributed by atoms with Gasteiger partial charge in [-0.3, -0.25) is 0 Å². The van der Waals surface area contributed by atoms with Gasteiger partial charge in [0, 0.05) is 30.8 Å². The molecule has 0 unspecified atom stereocenters. The summed E-state index contributed by atoms with van der Waals surface area (Å²) in [5, 5.41) is 13.8. The van der Waals surface area contributed by atoms with Crippen molar-refractivity contribution in [2.75, 3.05) is 43.5 Å². The van der Waals surface area contributed by atoms with Crippen molar-refractivity contribution in [3.63, 3.8) is 0 Å². The third-order valence-corrected chi connectivity index (χ3v) is 5.50. The summed E-state index contributed by atoms with van der Waals surface area (Å²) in [6, 6.07) is 8.04. The van der Waals surface area contributed by atoms with Crippen LogP contribution in [-0.4, -0.2) is 54.0 Å². The SMILES string of the molecule is Nc1cc(-c2cc(O)cc(CC[C@@H]3CCCCN3)c2)nc(N2CCOCC2)n1. The molecule has 0 spiro atoms. The summed E-state index contributed by atoms with van der Waals surface area (Å²) in [5.74, 6) is 1.31. The molecule has 1 aromatic carbocycles. The number of nitrogen functional groups attached to an aromatic ring is 1. The maximum Gasteiger partial charge on any atom is 0.228 e. The van der Waals surface area contributed by atoms with E-state index < -0.39 is 0 Å². The van der Waals surface area contributed by atoms with Gasteiger partial charge in [-0.1, -0.05) is 6.42 Å². The number of rotatable bonds is 5. The first-order chi connectivity index (χ1) is 13.7. The Morgan fingerprint density at radius 1 is 1.14 bits per heavy atom. The van der Waals surface area contributed by atoms with Gasteiger partial charge in [0.2, 0.25) is 5.95 Å². The molecule has 1 aromatic heterocycles. The molecule has 7 heteroatoms. The van der Waals surface area contributed by atoms with Crippen LogP contribution in [0.5, 0.6) is 5.75 Å². The first-order valence-corrected chi connectivity index (χ1v) is 10.2. The number of aromatic hydroxyl groups is 1. The molecular weight excluding hydrogens is 354 g/mol. The highest BCUT2D eigenvalue weighted by Gasteiger charge is 2.17. The fourth-order valence-corrected chi connectivity index (χ4v) is 3.98. The van der Waals surface area contributed by atoms with Crippen LogP contribution >= 0.6 is 0 Å². The highest BCUT2D eigenvalue weighted by molar-refractivity contribution is 5.66. The number of nitrogens with two attached hydrogens (primary N) is 1. The number of nitrogens with zero attached hydrogens (tertiary/aromatic N) is 3. The van der Waals surface area contributed by atoms with Gasteiger partial charge in [-0.15, -0.1) is 0 Å². The minimum Gasteiger partial charge on any atom is -0.508 e. The van der Waals surface area contributed by atoms with Crippen molar-refractivity contribution < 1.29 is 9.84 Å². The largest absolute Gasteiger partial charge is 0.508 e. The Balaban J connectivity index is 1.54. The number of hydrogen-bond acceptors (Lipinski definition) is 7. The van der Waals surface area contributed by atoms with Crippen molar-refractivity contribution in [1.29, 1.82) is 0 Å². The van der Waals surface area contributed by atoms with Crippen molar-refractivity contribution in [1.82, 2.24) is 15.3 Å². The minimum atomic E-state index is 0.259. The molecule has 2 fully saturated rings. The summed E-state index contributed by atoms with van der Waals surface area (Å²) in [6.45, 7) is 3.95. The number of aryl methyl sites for hydroxylation is 1. The van der Waals surface area contributed by atoms with E-state index in [0.29, 0.717) is 31.0 Å². The van der Waals surface area contributed by atoms with E-state index in [1.54, 1.807) is 12.1 Å². The van der Waals surface area contributed by atoms with Gasteiger partial charge in [0.25, 0.3) is 0 Å². The van der Waals surface area contributed by atoms with Gasteiger partial charge < -0.3 is 25.8 Å². The second kappa shape index (κ2) is 8.75. The van der Waals surface area contributed by atoms with E-state index >= 15 is 0 Å². The predicted octanol–water partition coefficient (Wildman–Crippen LogP) is 2.34. The molecule has 28 heavy (non-hydrogen) atoms. The third-order valence-electron chi connectivity index (χ3n) is 5.50. The standard InChI is InChI=1S/C21H29N5O2/c22-20-14-19(24-21(25-20)26-7-9-28-10-8-26)16-11-15(12-18(27)13-16)4-5-17-3-1-2-6-23-17/h11-14,17,23,27H,1-10H2,(H2,22,24,25)/t17-/m0/s1. The maximum atomic E-state index is 10.3. The third kappa shape index (κ3) is 4.72. The number of aromatic nitrogens is 2. The normalized spacial score (nSPS) is 20.3. The van der Waals surface area contributed by atoms with E-state index in [4.69, 9.17) is 15.5 Å². The second-order valence-electron chi connectivity index (χ2n) is 7.65. The molecule has 4 N–H and O–H groups in total. The summed E-state index contributed by atoms with van der Waals surface area (Å²) in [4.78, 5) is 11.2. The van der Waals surface area contributed by atoms with Crippen LogP contribution in [0.4, 0.5) is 11.8 Å². The molecule has 150 valence electrons. The molecule has 2 saturated heterocycles. The van der Waals surface area contributed by atoms with Gasteiger partial charge >= 0.3 is 0 Å². The Morgan fingerprint density at radius 3 is 2.79 bits per heavy atom. The zero-order chi connectivity index (χ0) is 19.3. The smallest absolute Gasteiger partial charge is 0.228 e. The molecule has 2 aliphatic heterocycles. The van der Waals surface area contributed by atoms with Crippen LogP contribution in [-0.2, 0) is 11.2 Å². The van der Waals surface area contributed by atoms with E-state index in [2.05, 4.69) is 21.3 Å². The molecule has 3 heterocycles. The number of anilines is 2. The van der Waals surface area contributed by atoms with Crippen molar-refractivity contribution >= 4 is 11.8 Å². The monoisotopic (exact) mass is 383 g/mol. The van der Waals surface area contributed by atoms with E-state index in [1.807, 2.05) is 6.07 Å². The second-order valence-corrected chi connectivity index (χ2v) is 7.65. The Hall–Kier alpha value is -2.38. The number of morpholine rings is 1. The van der Waals surface area contributed by atoms with E-state index in [9.17, 15) is 5.11 Å². The molecule has 1 atom stereocenters. The first-order valence-electron chi connectivity index (χ1n) is 10.2. The van der Waals surface area contributed by atoms with Crippen LogP contribution in [0, 0.1) is 0 Å². The number of phenols is 1. The molecule has 0 bridgehead atoms. The first kappa shape index (κ1) is 19.0. The predicted molar refractivity (Wildman–Crippen MR) is 111 cm³/mol. The molecular formula is C21H29N5O2. The van der Waals surface area contributed by atoms with Crippen LogP contribution in [0.25, 0.3) is 11.3 Å². The van der Waals surface area contributed by atoms with Gasteiger partial charge in [-0.25, -0.2) is 4.98 Å². The van der Waals surface area contributed by atoms with E-state index in [1.165, 1.54) is 19.3 Å². The fourth-order valence-electron chi connectivity index (χ4n) is 3.98. The van der Waals surface area contributed by atoms with Crippen molar-refractivity contribution in [2.24, 2.45) is 0 Å². The summed E-state index contributed by atoms with van der Waals surface area (Å²) in [6.07, 6.45) is 5.81. The lowest BCUT2D eigenvalue weighted by molar-refractivity contribution is 0.122. The van der Waals surface area contributed by atoms with Gasteiger partial charge in [0.15, 0.2) is 0 Å². The highest BCUT2D eigenvalue weighted by atomic mass is 16.5. The summed E-state index contributed by atoms with van der Waals surface area (Å²) in [5.41, 5.74) is 8.78. The van der Waals surface area contributed by atoms with Crippen molar-refractivity contribution in [2.45, 2.75) is 38.1 Å². The number of nitrogens with one attached hydrogen (secondary N) is 1. The zero-order valence-electron chi connectivity index (χ0n) is 16.2. The van der Waals surface area contributed by atoms with Gasteiger partial charge in [0.1, 0.15) is 11.6 Å². The quantitative estimate of drug-likeness (QED) is 0.729. The van der Waals surface area contributed by atoms with Gasteiger partial charge in [-0.2, -0.15) is 4.98 Å². The molecule has 0 radical (unpaired) electrons. The molecule has 2 aliphatic rings. The number of piperidine rings is 1. The Morgan fingerprint density at radius 2 is 2.00 bits per heavy atom. The summed E-state index contributed by atoms with van der Waals surface area (Å²) >= 11 is 0. The van der Waals surface area contributed by atoms with E-state index in [0.717, 1.165) is 49.3 Å². The minimum absolute atomic E-state index is 0.259. The molecule has 2 aromatic rings. The number of phenolic OH excluding ortho intramolecular Hbond substituents is 1. The maximum absolute atomic E-state index is 10.3. The van der Waals surface area contributed by atoms with Gasteiger partial charge in [-0.05, 0) is 56.0 Å². The van der Waals surface area contributed by atoms with Gasteiger partial charge in [0.05, 0.1) is 18.9 Å². The van der Waals surface area contributed by atoms with Crippen molar-refractivity contribution in [3.05, 3.63) is 29.8 Å². The molecule has 0 amide bonds. The van der Waals surface area contributed by atoms with E-state index in [-0.39, 0.29) is 5.75 Å². The topological polar surface area (TPSA) is 96.5 Å². The lowest BCUT2D eigenvalue weighted by Gasteiger charge is -2.27. The number of benzene rings is 1.